The van der Waals surface area contributed by atoms with Crippen LogP contribution in [0.25, 0.3) is 0 Å². The standard InChI is InChI=1S/C17H30O24S4/c1-28-9-10(37-42-41-40-32-5)12(15(18)30-3)36-17(13(9)29-2)35-8-7(6-33-43(19,20)21)34-16(31-4)14(39-45(25,26)27)11(8)38-44(22,23)24/h7-14,16-17H,6H2,1-5H3,(H,19,20,21)(H,22,23,24)(H,25,26,27)/p-3/t7?,8-,9?,10-,11?,12?,13+,14?,16+,17-/m1/s1. The van der Waals surface area contributed by atoms with Crippen molar-refractivity contribution in [1.82, 2.24) is 0 Å². The summed E-state index contributed by atoms with van der Waals surface area (Å²) in [6.45, 7) is -1.32. The molecule has 24 nitrogen and oxygen atoms in total. The second-order valence-electron chi connectivity index (χ2n) is 8.29. The van der Waals surface area contributed by atoms with Crippen molar-refractivity contribution in [3.8, 4) is 0 Å². The van der Waals surface area contributed by atoms with E-state index in [9.17, 15) is 43.7 Å². The third-order valence-electron chi connectivity index (χ3n) is 5.70. The van der Waals surface area contributed by atoms with E-state index < -0.39 is 105 Å². The SMILES string of the molecule is COOOSO[C@H]1C(C(=O)OC)O[C@@H](O[C@@H]2C(COS(=O)(=O)[O-])O[C@H](OC)C(OS(=O)(=O)[O-])C2OS(=O)(=O)[O-])[C@@H](OC)C1OC. The first kappa shape index (κ1) is 40.2. The maximum atomic E-state index is 12.7. The van der Waals surface area contributed by atoms with Crippen molar-refractivity contribution < 1.29 is 108 Å². The van der Waals surface area contributed by atoms with Gasteiger partial charge in [-0.25, -0.2) is 34.9 Å². The molecule has 0 spiro atoms. The Morgan fingerprint density at radius 1 is 0.711 bits per heavy atom. The molecule has 10 atom stereocenters. The molecule has 2 saturated heterocycles. The highest BCUT2D eigenvalue weighted by molar-refractivity contribution is 7.89. The van der Waals surface area contributed by atoms with Gasteiger partial charge in [-0.3, -0.25) is 16.7 Å². The Labute approximate surface area is 260 Å². The zero-order valence-electron chi connectivity index (χ0n) is 23.4. The Morgan fingerprint density at radius 3 is 1.80 bits per heavy atom. The molecule has 2 aliphatic heterocycles. The summed E-state index contributed by atoms with van der Waals surface area (Å²) in [5.41, 5.74) is 0. The molecule has 0 saturated carbocycles. The quantitative estimate of drug-likeness (QED) is 0.0248. The predicted molar refractivity (Wildman–Crippen MR) is 129 cm³/mol. The number of carbonyl (C=O) groups excluding carboxylic acids is 1. The molecule has 2 rings (SSSR count). The first-order chi connectivity index (χ1) is 20.9. The molecule has 28 heteroatoms. The van der Waals surface area contributed by atoms with E-state index in [1.807, 2.05) is 0 Å². The van der Waals surface area contributed by atoms with E-state index in [-0.39, 0.29) is 12.3 Å². The van der Waals surface area contributed by atoms with Crippen LogP contribution in [0.5, 0.6) is 0 Å². The lowest BCUT2D eigenvalue weighted by Gasteiger charge is -2.48. The van der Waals surface area contributed by atoms with E-state index in [0.717, 1.165) is 35.5 Å². The maximum Gasteiger partial charge on any atom is 0.338 e. The van der Waals surface area contributed by atoms with Gasteiger partial charge < -0.3 is 46.8 Å². The second kappa shape index (κ2) is 17.4. The van der Waals surface area contributed by atoms with E-state index in [4.69, 9.17) is 37.3 Å². The lowest BCUT2D eigenvalue weighted by molar-refractivity contribution is -0.450. The van der Waals surface area contributed by atoms with Gasteiger partial charge in [0.05, 0.1) is 20.8 Å². The van der Waals surface area contributed by atoms with E-state index >= 15 is 0 Å². The Morgan fingerprint density at radius 2 is 1.31 bits per heavy atom. The summed E-state index contributed by atoms with van der Waals surface area (Å²) in [6.07, 6.45) is -19.5. The zero-order valence-corrected chi connectivity index (χ0v) is 26.7. The van der Waals surface area contributed by atoms with Crippen molar-refractivity contribution >= 4 is 49.5 Å². The molecule has 0 aromatic carbocycles. The van der Waals surface area contributed by atoms with Gasteiger partial charge in [0.1, 0.15) is 36.6 Å². The van der Waals surface area contributed by atoms with E-state index in [1.54, 1.807) is 0 Å². The molecule has 0 aromatic heterocycles. The highest BCUT2D eigenvalue weighted by Gasteiger charge is 2.56. The van der Waals surface area contributed by atoms with Crippen molar-refractivity contribution in [2.45, 2.75) is 61.4 Å². The lowest BCUT2D eigenvalue weighted by Crippen LogP contribution is -2.67. The number of rotatable bonds is 18. The monoisotopic (exact) mass is 743 g/mol. The molecular weight excluding hydrogens is 716 g/mol. The smallest absolute Gasteiger partial charge is 0.338 e. The first-order valence-corrected chi connectivity index (χ1v) is 16.3. The van der Waals surface area contributed by atoms with E-state index in [2.05, 4.69) is 26.8 Å². The second-order valence-corrected chi connectivity index (χ2v) is 11.8. The number of ether oxygens (including phenoxy) is 7. The fraction of sp³-hybridized carbons (Fsp3) is 0.941. The van der Waals surface area contributed by atoms with Crippen LogP contribution in [0.15, 0.2) is 0 Å². The number of esters is 1. The molecule has 2 aliphatic rings. The maximum absolute atomic E-state index is 12.7. The Bertz CT molecular complexity index is 1260. The van der Waals surface area contributed by atoms with Crippen LogP contribution in [0.1, 0.15) is 0 Å². The van der Waals surface area contributed by atoms with Gasteiger partial charge in [0.25, 0.3) is 0 Å². The van der Waals surface area contributed by atoms with Gasteiger partial charge >= 0.3 is 5.97 Å². The van der Waals surface area contributed by atoms with Crippen molar-refractivity contribution in [2.24, 2.45) is 0 Å². The van der Waals surface area contributed by atoms with Gasteiger partial charge in [-0.1, -0.05) is 5.04 Å². The molecular formula is C17H27O24S4-3. The Hall–Kier alpha value is -0.970. The summed E-state index contributed by atoms with van der Waals surface area (Å²) >= 11 is 0.136. The zero-order chi connectivity index (χ0) is 34.2. The van der Waals surface area contributed by atoms with Gasteiger partial charge in [0.15, 0.2) is 37.1 Å². The average molecular weight is 744 g/mol. The minimum absolute atomic E-state index is 0.136. The topological polar surface area (TPSA) is 318 Å². The van der Waals surface area contributed by atoms with Crippen LogP contribution >= 0.6 is 12.3 Å². The van der Waals surface area contributed by atoms with Gasteiger partial charge in [-0.15, -0.1) is 4.33 Å². The summed E-state index contributed by atoms with van der Waals surface area (Å²) in [5, 5.41) is 4.18. The number of methoxy groups -OCH3 is 4. The fourth-order valence-corrected chi connectivity index (χ4v) is 5.78. The molecule has 0 N–H and O–H groups in total. The highest BCUT2D eigenvalue weighted by atomic mass is 32.3. The molecule has 0 radical (unpaired) electrons. The summed E-state index contributed by atoms with van der Waals surface area (Å²) in [4.78, 5) is 16.9. The fourth-order valence-electron chi connectivity index (χ4n) is 4.10. The Balaban J connectivity index is 2.63. The normalized spacial score (nSPS) is 33.2. The average Bonchev–Trinajstić information content (AvgIpc) is 2.93. The molecule has 0 aromatic rings. The molecule has 2 heterocycles. The van der Waals surface area contributed by atoms with Crippen LogP contribution in [-0.2, 0) is 100 Å². The van der Waals surface area contributed by atoms with Gasteiger partial charge in [-0.05, 0) is 0 Å². The minimum Gasteiger partial charge on any atom is -0.726 e. The van der Waals surface area contributed by atoms with Crippen molar-refractivity contribution in [1.29, 1.82) is 0 Å². The molecule has 266 valence electrons. The molecule has 0 bridgehead atoms. The van der Waals surface area contributed by atoms with Gasteiger partial charge in [0.2, 0.25) is 31.2 Å². The minimum atomic E-state index is -5.84. The van der Waals surface area contributed by atoms with E-state index in [1.165, 1.54) is 0 Å². The number of hydrogen-bond donors (Lipinski definition) is 0. The predicted octanol–water partition coefficient (Wildman–Crippen LogP) is -3.70. The third-order valence-corrected chi connectivity index (χ3v) is 7.45. The summed E-state index contributed by atoms with van der Waals surface area (Å²) in [5.74, 6) is -1.14. The largest absolute Gasteiger partial charge is 0.726 e. The summed E-state index contributed by atoms with van der Waals surface area (Å²) in [7, 11) is -12.0. The molecule has 5 unspecified atom stereocenters. The summed E-state index contributed by atoms with van der Waals surface area (Å²) < 4.78 is 163. The van der Waals surface area contributed by atoms with Crippen molar-refractivity contribution in [3.63, 3.8) is 0 Å². The molecule has 2 fully saturated rings. The highest BCUT2D eigenvalue weighted by Crippen LogP contribution is 2.36. The third kappa shape index (κ3) is 12.2. The van der Waals surface area contributed by atoms with Crippen LogP contribution in [0.3, 0.4) is 0 Å². The van der Waals surface area contributed by atoms with Crippen molar-refractivity contribution in [3.05, 3.63) is 0 Å². The van der Waals surface area contributed by atoms with Crippen LogP contribution in [-0.4, -0.2) is 148 Å². The molecule has 0 amide bonds. The summed E-state index contributed by atoms with van der Waals surface area (Å²) in [6, 6.07) is 0. The van der Waals surface area contributed by atoms with Crippen LogP contribution in [0.2, 0.25) is 0 Å². The lowest BCUT2D eigenvalue weighted by atomic mass is 9.96. The van der Waals surface area contributed by atoms with Crippen LogP contribution in [0, 0.1) is 0 Å². The van der Waals surface area contributed by atoms with Crippen LogP contribution < -0.4 is 0 Å². The molecule has 0 aliphatic carbocycles. The first-order valence-electron chi connectivity index (χ1n) is 11.6. The Kier molecular flexibility index (Phi) is 15.6. The van der Waals surface area contributed by atoms with E-state index in [0.29, 0.717) is 0 Å². The van der Waals surface area contributed by atoms with Crippen molar-refractivity contribution in [2.75, 3.05) is 42.2 Å². The van der Waals surface area contributed by atoms with Gasteiger partial charge in [0, 0.05) is 21.3 Å². The van der Waals surface area contributed by atoms with Gasteiger partial charge in [-0.2, -0.15) is 0 Å². The molecule has 45 heavy (non-hydrogen) atoms. The number of hydrogen-bond acceptors (Lipinski definition) is 25. The number of carbonyl (C=O) groups is 1. The van der Waals surface area contributed by atoms with Crippen LogP contribution in [0.4, 0.5) is 0 Å².